The number of hydrogen-bond acceptors (Lipinski definition) is 5. The van der Waals surface area contributed by atoms with E-state index in [0.717, 1.165) is 10.4 Å². The number of amides is 2. The molecule has 0 heterocycles. The lowest BCUT2D eigenvalue weighted by Crippen LogP contribution is -2.53. The van der Waals surface area contributed by atoms with Crippen molar-refractivity contribution in [3.63, 3.8) is 0 Å². The zero-order chi connectivity index (χ0) is 28.6. The van der Waals surface area contributed by atoms with Crippen LogP contribution in [0.3, 0.4) is 0 Å². The van der Waals surface area contributed by atoms with Gasteiger partial charge in [0, 0.05) is 12.6 Å². The number of ether oxygens (including phenoxy) is 1. The normalized spacial score (nSPS) is 12.1. The number of para-hydroxylation sites is 1. The summed E-state index contributed by atoms with van der Waals surface area (Å²) in [6.45, 7) is 4.72. The van der Waals surface area contributed by atoms with Gasteiger partial charge in [-0.1, -0.05) is 49.4 Å². The molecule has 0 radical (unpaired) electrons. The smallest absolute Gasteiger partial charge is 0.264 e. The molecular formula is C29H34FN3O5S. The third kappa shape index (κ3) is 7.35. The zero-order valence-corrected chi connectivity index (χ0v) is 23.3. The van der Waals surface area contributed by atoms with Crippen molar-refractivity contribution in [3.8, 4) is 5.75 Å². The highest BCUT2D eigenvalue weighted by Gasteiger charge is 2.34. The van der Waals surface area contributed by atoms with Crippen LogP contribution in [0, 0.1) is 5.82 Å². The third-order valence-corrected chi connectivity index (χ3v) is 7.83. The van der Waals surface area contributed by atoms with E-state index in [1.165, 1.54) is 35.2 Å². The summed E-state index contributed by atoms with van der Waals surface area (Å²) in [6, 6.07) is 18.8. The Kier molecular flexibility index (Phi) is 10.1. The van der Waals surface area contributed by atoms with Crippen LogP contribution in [-0.4, -0.2) is 50.9 Å². The lowest BCUT2D eigenvalue weighted by Gasteiger charge is -2.33. The van der Waals surface area contributed by atoms with Gasteiger partial charge >= 0.3 is 0 Å². The number of sulfonamides is 1. The summed E-state index contributed by atoms with van der Waals surface area (Å²) in [5.41, 5.74) is 0.446. The van der Waals surface area contributed by atoms with Crippen LogP contribution < -0.4 is 14.4 Å². The van der Waals surface area contributed by atoms with Gasteiger partial charge in [-0.05, 0) is 62.2 Å². The molecule has 10 heteroatoms. The molecule has 0 fully saturated rings. The summed E-state index contributed by atoms with van der Waals surface area (Å²) in [7, 11) is -2.79. The van der Waals surface area contributed by atoms with Crippen LogP contribution in [0.15, 0.2) is 83.8 Å². The van der Waals surface area contributed by atoms with Crippen LogP contribution in [-0.2, 0) is 26.2 Å². The standard InChI is InChI=1S/C29H34FN3O5S/c1-5-26(29(35)31-21(2)3)32(19-22-15-17-23(38-4)18-16-22)28(34)20-33(27-14-10-9-13-25(27)30)39(36,37)24-11-7-6-8-12-24/h6-18,21,26H,5,19-20H2,1-4H3,(H,31,35). The fraction of sp³-hybridized carbons (Fsp3) is 0.310. The molecule has 208 valence electrons. The number of carbonyl (C=O) groups excluding carboxylic acids is 2. The number of carbonyl (C=O) groups is 2. The second-order valence-corrected chi connectivity index (χ2v) is 11.1. The average Bonchev–Trinajstić information content (AvgIpc) is 2.92. The molecule has 1 N–H and O–H groups in total. The molecule has 39 heavy (non-hydrogen) atoms. The van der Waals surface area contributed by atoms with E-state index in [4.69, 9.17) is 4.74 Å². The topological polar surface area (TPSA) is 96.0 Å². The van der Waals surface area contributed by atoms with Gasteiger partial charge in [-0.15, -0.1) is 0 Å². The van der Waals surface area contributed by atoms with Gasteiger partial charge in [0.25, 0.3) is 10.0 Å². The minimum atomic E-state index is -4.33. The molecule has 0 aliphatic carbocycles. The van der Waals surface area contributed by atoms with E-state index in [-0.39, 0.29) is 35.5 Å². The highest BCUT2D eigenvalue weighted by atomic mass is 32.2. The Hall–Kier alpha value is -3.92. The van der Waals surface area contributed by atoms with Crippen LogP contribution in [0.2, 0.25) is 0 Å². The summed E-state index contributed by atoms with van der Waals surface area (Å²) in [4.78, 5) is 28.3. The van der Waals surface area contributed by atoms with Crippen LogP contribution in [0.4, 0.5) is 10.1 Å². The Morgan fingerprint density at radius 1 is 0.949 bits per heavy atom. The molecule has 0 aliphatic heterocycles. The van der Waals surface area contributed by atoms with Crippen LogP contribution in [0.25, 0.3) is 0 Å². The van der Waals surface area contributed by atoms with Crippen LogP contribution >= 0.6 is 0 Å². The first-order valence-corrected chi connectivity index (χ1v) is 14.1. The SMILES string of the molecule is CCC(C(=O)NC(C)C)N(Cc1ccc(OC)cc1)C(=O)CN(c1ccccc1F)S(=O)(=O)c1ccccc1. The van der Waals surface area contributed by atoms with Gasteiger partial charge in [0.2, 0.25) is 11.8 Å². The van der Waals surface area contributed by atoms with Crippen molar-refractivity contribution in [1.82, 2.24) is 10.2 Å². The van der Waals surface area contributed by atoms with Crippen LogP contribution in [0.5, 0.6) is 5.75 Å². The molecule has 0 bridgehead atoms. The van der Waals surface area contributed by atoms with Gasteiger partial charge in [0.05, 0.1) is 17.7 Å². The largest absolute Gasteiger partial charge is 0.497 e. The van der Waals surface area contributed by atoms with Crippen molar-refractivity contribution in [2.75, 3.05) is 18.0 Å². The van der Waals surface area contributed by atoms with Crippen molar-refractivity contribution in [1.29, 1.82) is 0 Å². The Morgan fingerprint density at radius 3 is 2.13 bits per heavy atom. The van der Waals surface area contributed by atoms with Gasteiger partial charge in [0.15, 0.2) is 0 Å². The molecule has 1 atom stereocenters. The molecule has 1 unspecified atom stereocenters. The molecule has 8 nitrogen and oxygen atoms in total. The predicted octanol–water partition coefficient (Wildman–Crippen LogP) is 4.36. The number of halogens is 1. The number of nitrogens with zero attached hydrogens (tertiary/aromatic N) is 2. The molecule has 3 aromatic rings. The average molecular weight is 556 g/mol. The third-order valence-electron chi connectivity index (χ3n) is 6.06. The van der Waals surface area contributed by atoms with Crippen molar-refractivity contribution in [2.24, 2.45) is 0 Å². The fourth-order valence-corrected chi connectivity index (χ4v) is 5.56. The molecule has 0 saturated carbocycles. The number of benzene rings is 3. The number of nitrogens with one attached hydrogen (secondary N) is 1. The van der Waals surface area contributed by atoms with Gasteiger partial charge in [-0.25, -0.2) is 12.8 Å². The molecule has 0 aromatic heterocycles. The van der Waals surface area contributed by atoms with E-state index >= 15 is 0 Å². The first-order chi connectivity index (χ1) is 18.6. The second-order valence-electron chi connectivity index (χ2n) is 9.23. The molecule has 2 amide bonds. The van der Waals surface area contributed by atoms with Crippen molar-refractivity contribution in [3.05, 3.63) is 90.2 Å². The van der Waals surface area contributed by atoms with Gasteiger partial charge in [0.1, 0.15) is 24.2 Å². The molecule has 0 saturated heterocycles. The molecule has 3 rings (SSSR count). The molecule has 3 aromatic carbocycles. The van der Waals surface area contributed by atoms with Gasteiger partial charge in [-0.3, -0.25) is 13.9 Å². The first kappa shape index (κ1) is 29.6. The summed E-state index contributed by atoms with van der Waals surface area (Å²) in [5.74, 6) is -1.19. The summed E-state index contributed by atoms with van der Waals surface area (Å²) in [5, 5.41) is 2.84. The highest BCUT2D eigenvalue weighted by molar-refractivity contribution is 7.92. The van der Waals surface area contributed by atoms with E-state index < -0.39 is 34.3 Å². The maximum absolute atomic E-state index is 14.9. The van der Waals surface area contributed by atoms with E-state index in [1.54, 1.807) is 56.5 Å². The highest BCUT2D eigenvalue weighted by Crippen LogP contribution is 2.27. The number of anilines is 1. The Morgan fingerprint density at radius 2 is 1.56 bits per heavy atom. The Labute approximate surface area is 229 Å². The van der Waals surface area contributed by atoms with Gasteiger partial charge in [-0.2, -0.15) is 0 Å². The van der Waals surface area contributed by atoms with E-state index in [9.17, 15) is 22.4 Å². The number of hydrogen-bond donors (Lipinski definition) is 1. The minimum absolute atomic E-state index is 0.0311. The number of methoxy groups -OCH3 is 1. The summed E-state index contributed by atoms with van der Waals surface area (Å²) < 4.78 is 48.3. The van der Waals surface area contributed by atoms with Crippen LogP contribution in [0.1, 0.15) is 32.8 Å². The Balaban J connectivity index is 2.05. The van der Waals surface area contributed by atoms with E-state index in [2.05, 4.69) is 5.32 Å². The molecular weight excluding hydrogens is 521 g/mol. The quantitative estimate of drug-likeness (QED) is 0.358. The lowest BCUT2D eigenvalue weighted by atomic mass is 10.1. The zero-order valence-electron chi connectivity index (χ0n) is 22.5. The predicted molar refractivity (Wildman–Crippen MR) is 148 cm³/mol. The maximum atomic E-state index is 14.9. The van der Waals surface area contributed by atoms with E-state index in [1.807, 2.05) is 13.8 Å². The maximum Gasteiger partial charge on any atom is 0.264 e. The van der Waals surface area contributed by atoms with Crippen molar-refractivity contribution >= 4 is 27.5 Å². The summed E-state index contributed by atoms with van der Waals surface area (Å²) >= 11 is 0. The monoisotopic (exact) mass is 555 g/mol. The molecule has 0 aliphatic rings. The Bertz CT molecular complexity index is 1370. The second kappa shape index (κ2) is 13.2. The minimum Gasteiger partial charge on any atom is -0.497 e. The first-order valence-electron chi connectivity index (χ1n) is 12.6. The van der Waals surface area contributed by atoms with Gasteiger partial charge < -0.3 is 15.0 Å². The van der Waals surface area contributed by atoms with Crippen molar-refractivity contribution < 1.29 is 27.1 Å². The van der Waals surface area contributed by atoms with Crippen molar-refractivity contribution in [2.45, 2.75) is 50.7 Å². The number of rotatable bonds is 12. The van der Waals surface area contributed by atoms with E-state index in [0.29, 0.717) is 11.3 Å². The fourth-order valence-electron chi connectivity index (χ4n) is 4.11. The summed E-state index contributed by atoms with van der Waals surface area (Å²) in [6.07, 6.45) is 0.283. The lowest BCUT2D eigenvalue weighted by molar-refractivity contribution is -0.140. The molecule has 0 spiro atoms.